The fourth-order valence-corrected chi connectivity index (χ4v) is 1.86. The van der Waals surface area contributed by atoms with Crippen LogP contribution in [0.1, 0.15) is 18.9 Å². The van der Waals surface area contributed by atoms with E-state index in [4.69, 9.17) is 28.9 Å². The molecule has 0 heterocycles. The van der Waals surface area contributed by atoms with Gasteiger partial charge < -0.3 is 11.1 Å². The van der Waals surface area contributed by atoms with E-state index >= 15 is 0 Å². The Kier molecular flexibility index (Phi) is 5.75. The molecule has 3 N–H and O–H groups in total. The molecule has 0 radical (unpaired) electrons. The maximum atomic E-state index is 11.4. The largest absolute Gasteiger partial charge is 0.354 e. The van der Waals surface area contributed by atoms with Gasteiger partial charge in [-0.1, -0.05) is 36.2 Å². The molecule has 0 aliphatic heterocycles. The second-order valence-electron chi connectivity index (χ2n) is 3.79. The Hall–Kier alpha value is -0.770. The van der Waals surface area contributed by atoms with Crippen LogP contribution in [0, 0.1) is 0 Å². The molecule has 3 nitrogen and oxygen atoms in total. The lowest BCUT2D eigenvalue weighted by Crippen LogP contribution is -2.40. The van der Waals surface area contributed by atoms with Crippen LogP contribution in [0.25, 0.3) is 0 Å². The Labute approximate surface area is 111 Å². The van der Waals surface area contributed by atoms with Crippen molar-refractivity contribution in [3.63, 3.8) is 0 Å². The lowest BCUT2D eigenvalue weighted by Gasteiger charge is -2.10. The van der Waals surface area contributed by atoms with Crippen molar-refractivity contribution < 1.29 is 4.79 Å². The number of carbonyl (C=O) groups excluding carboxylic acids is 1. The topological polar surface area (TPSA) is 55.1 Å². The smallest absolute Gasteiger partial charge is 0.236 e. The molecule has 1 amide bonds. The van der Waals surface area contributed by atoms with Crippen molar-refractivity contribution in [3.8, 4) is 0 Å². The first-order valence-corrected chi connectivity index (χ1v) is 6.27. The van der Waals surface area contributed by atoms with Gasteiger partial charge in [0, 0.05) is 16.6 Å². The minimum Gasteiger partial charge on any atom is -0.354 e. The number of benzene rings is 1. The second-order valence-corrected chi connectivity index (χ2v) is 4.64. The Bertz CT molecular complexity index is 396. The summed E-state index contributed by atoms with van der Waals surface area (Å²) in [6.45, 7) is 2.40. The summed E-state index contributed by atoms with van der Waals surface area (Å²) in [6.07, 6.45) is 1.30. The first-order valence-electron chi connectivity index (χ1n) is 5.51. The molecule has 0 aliphatic rings. The number of carbonyl (C=O) groups is 1. The van der Waals surface area contributed by atoms with Gasteiger partial charge in [-0.2, -0.15) is 0 Å². The van der Waals surface area contributed by atoms with Crippen LogP contribution in [-0.2, 0) is 11.2 Å². The number of amides is 1. The lowest BCUT2D eigenvalue weighted by molar-refractivity contribution is -0.122. The quantitative estimate of drug-likeness (QED) is 0.866. The van der Waals surface area contributed by atoms with E-state index in [0.29, 0.717) is 29.4 Å². The molecule has 1 aromatic rings. The van der Waals surface area contributed by atoms with Crippen LogP contribution in [-0.4, -0.2) is 18.5 Å². The van der Waals surface area contributed by atoms with E-state index in [2.05, 4.69) is 5.32 Å². The predicted molar refractivity (Wildman–Crippen MR) is 71.4 cm³/mol. The summed E-state index contributed by atoms with van der Waals surface area (Å²) in [5.74, 6) is -0.127. The molecular formula is C12H16Cl2N2O. The molecule has 17 heavy (non-hydrogen) atoms. The first kappa shape index (κ1) is 14.3. The zero-order valence-corrected chi connectivity index (χ0v) is 11.2. The average molecular weight is 275 g/mol. The maximum Gasteiger partial charge on any atom is 0.236 e. The van der Waals surface area contributed by atoms with Crippen LogP contribution in [0.5, 0.6) is 0 Å². The fraction of sp³-hybridized carbons (Fsp3) is 0.417. The van der Waals surface area contributed by atoms with Crippen LogP contribution in [0.3, 0.4) is 0 Å². The van der Waals surface area contributed by atoms with E-state index < -0.39 is 6.04 Å². The highest BCUT2D eigenvalue weighted by molar-refractivity contribution is 6.35. The van der Waals surface area contributed by atoms with Crippen LogP contribution < -0.4 is 11.1 Å². The third-order valence-corrected chi connectivity index (χ3v) is 3.07. The second kappa shape index (κ2) is 6.84. The van der Waals surface area contributed by atoms with Crippen molar-refractivity contribution in [1.29, 1.82) is 0 Å². The van der Waals surface area contributed by atoms with Gasteiger partial charge in [0.25, 0.3) is 0 Å². The minimum absolute atomic E-state index is 0.127. The fourth-order valence-electron chi connectivity index (χ4n) is 1.36. The number of hydrogen-bond acceptors (Lipinski definition) is 2. The standard InChI is InChI=1S/C12H16Cl2N2O/c1-2-11(15)12(17)16-6-5-8-3-4-9(13)7-10(8)14/h3-4,7,11H,2,5-6,15H2,1H3,(H,16,17). The average Bonchev–Trinajstić information content (AvgIpc) is 2.30. The number of halogens is 2. The number of nitrogens with two attached hydrogens (primary N) is 1. The van der Waals surface area contributed by atoms with Gasteiger partial charge in [0.05, 0.1) is 6.04 Å². The molecule has 0 saturated carbocycles. The van der Waals surface area contributed by atoms with Crippen molar-refractivity contribution in [2.45, 2.75) is 25.8 Å². The number of nitrogens with one attached hydrogen (secondary N) is 1. The Morgan fingerprint density at radius 3 is 2.76 bits per heavy atom. The molecule has 94 valence electrons. The van der Waals surface area contributed by atoms with Crippen LogP contribution in [0.4, 0.5) is 0 Å². The van der Waals surface area contributed by atoms with E-state index in [1.165, 1.54) is 0 Å². The van der Waals surface area contributed by atoms with Gasteiger partial charge in [-0.25, -0.2) is 0 Å². The molecule has 1 atom stereocenters. The molecule has 0 aromatic heterocycles. The summed E-state index contributed by atoms with van der Waals surface area (Å²) >= 11 is 11.8. The van der Waals surface area contributed by atoms with E-state index in [9.17, 15) is 4.79 Å². The van der Waals surface area contributed by atoms with Crippen molar-refractivity contribution >= 4 is 29.1 Å². The highest BCUT2D eigenvalue weighted by Gasteiger charge is 2.10. The molecule has 1 rings (SSSR count). The van der Waals surface area contributed by atoms with Gasteiger partial charge in [0.15, 0.2) is 0 Å². The molecule has 0 fully saturated rings. The van der Waals surface area contributed by atoms with E-state index in [1.54, 1.807) is 12.1 Å². The Morgan fingerprint density at radius 2 is 2.18 bits per heavy atom. The van der Waals surface area contributed by atoms with Crippen LogP contribution in [0.2, 0.25) is 10.0 Å². The summed E-state index contributed by atoms with van der Waals surface area (Å²) in [7, 11) is 0. The van der Waals surface area contributed by atoms with Crippen LogP contribution in [0.15, 0.2) is 18.2 Å². The van der Waals surface area contributed by atoms with Gasteiger partial charge in [0.1, 0.15) is 0 Å². The molecule has 1 unspecified atom stereocenters. The zero-order chi connectivity index (χ0) is 12.8. The Balaban J connectivity index is 2.43. The first-order chi connectivity index (χ1) is 8.04. The van der Waals surface area contributed by atoms with Gasteiger partial charge in [-0.3, -0.25) is 4.79 Å². The monoisotopic (exact) mass is 274 g/mol. The molecule has 1 aromatic carbocycles. The normalized spacial score (nSPS) is 12.2. The summed E-state index contributed by atoms with van der Waals surface area (Å²) < 4.78 is 0. The van der Waals surface area contributed by atoms with E-state index in [1.807, 2.05) is 13.0 Å². The summed E-state index contributed by atoms with van der Waals surface area (Å²) in [4.78, 5) is 11.4. The van der Waals surface area contributed by atoms with Crippen LogP contribution >= 0.6 is 23.2 Å². The lowest BCUT2D eigenvalue weighted by atomic mass is 10.1. The highest BCUT2D eigenvalue weighted by atomic mass is 35.5. The van der Waals surface area contributed by atoms with E-state index in [-0.39, 0.29) is 5.91 Å². The molecule has 0 spiro atoms. The molecule has 0 aliphatic carbocycles. The molecule has 5 heteroatoms. The number of rotatable bonds is 5. The van der Waals surface area contributed by atoms with Crippen molar-refractivity contribution in [3.05, 3.63) is 33.8 Å². The van der Waals surface area contributed by atoms with Gasteiger partial charge in [-0.15, -0.1) is 0 Å². The van der Waals surface area contributed by atoms with Crippen molar-refractivity contribution in [2.75, 3.05) is 6.54 Å². The summed E-state index contributed by atoms with van der Waals surface area (Å²) in [5, 5.41) is 3.99. The third-order valence-electron chi connectivity index (χ3n) is 2.49. The molecule has 0 bridgehead atoms. The van der Waals surface area contributed by atoms with Gasteiger partial charge >= 0.3 is 0 Å². The van der Waals surface area contributed by atoms with Crippen molar-refractivity contribution in [2.24, 2.45) is 5.73 Å². The highest BCUT2D eigenvalue weighted by Crippen LogP contribution is 2.20. The zero-order valence-electron chi connectivity index (χ0n) is 9.67. The van der Waals surface area contributed by atoms with Crippen molar-refractivity contribution in [1.82, 2.24) is 5.32 Å². The van der Waals surface area contributed by atoms with Gasteiger partial charge in [0.2, 0.25) is 5.91 Å². The van der Waals surface area contributed by atoms with E-state index in [0.717, 1.165) is 5.56 Å². The summed E-state index contributed by atoms with van der Waals surface area (Å²) in [6, 6.07) is 4.90. The molecule has 0 saturated heterocycles. The summed E-state index contributed by atoms with van der Waals surface area (Å²) in [5.41, 5.74) is 6.55. The SMILES string of the molecule is CCC(N)C(=O)NCCc1ccc(Cl)cc1Cl. The number of hydrogen-bond donors (Lipinski definition) is 2. The maximum absolute atomic E-state index is 11.4. The third kappa shape index (κ3) is 4.54. The predicted octanol–water partition coefficient (Wildman–Crippen LogP) is 2.39. The molecular weight excluding hydrogens is 259 g/mol. The Morgan fingerprint density at radius 1 is 1.47 bits per heavy atom. The van der Waals surface area contributed by atoms with Gasteiger partial charge in [-0.05, 0) is 30.5 Å². The minimum atomic E-state index is -0.435.